The van der Waals surface area contributed by atoms with Crippen LogP contribution in [0, 0.1) is 0 Å². The number of hydrogen-bond acceptors (Lipinski definition) is 5. The van der Waals surface area contributed by atoms with Gasteiger partial charge in [-0.3, -0.25) is 9.59 Å². The third kappa shape index (κ3) is 4.35. The highest BCUT2D eigenvalue weighted by Crippen LogP contribution is 2.32. The summed E-state index contributed by atoms with van der Waals surface area (Å²) in [4.78, 5) is 26.8. The van der Waals surface area contributed by atoms with E-state index < -0.39 is 0 Å². The molecule has 0 aliphatic carbocycles. The van der Waals surface area contributed by atoms with Gasteiger partial charge in [-0.05, 0) is 61.2 Å². The molecule has 1 fully saturated rings. The number of anilines is 2. The van der Waals surface area contributed by atoms with E-state index in [2.05, 4.69) is 5.32 Å². The van der Waals surface area contributed by atoms with Crippen LogP contribution < -0.4 is 19.7 Å². The molecule has 2 heterocycles. The van der Waals surface area contributed by atoms with E-state index in [0.29, 0.717) is 24.6 Å². The molecule has 7 heteroatoms. The Balaban J connectivity index is 1.37. The molecule has 29 heavy (non-hydrogen) atoms. The molecule has 0 spiro atoms. The van der Waals surface area contributed by atoms with Gasteiger partial charge in [-0.25, -0.2) is 0 Å². The number of hydrogen-bond donors (Lipinski definition) is 1. The minimum absolute atomic E-state index is 0.00701. The van der Waals surface area contributed by atoms with Crippen molar-refractivity contribution in [2.75, 3.05) is 37.1 Å². The molecule has 0 radical (unpaired) electrons. The molecule has 2 aromatic carbocycles. The smallest absolute Gasteiger partial charge is 0.262 e. The Morgan fingerprint density at radius 3 is 2.69 bits per heavy atom. The number of nitrogens with zero attached hydrogens (tertiary/aromatic N) is 1. The van der Waals surface area contributed by atoms with E-state index in [-0.39, 0.29) is 24.5 Å². The summed E-state index contributed by atoms with van der Waals surface area (Å²) >= 11 is 0. The predicted molar refractivity (Wildman–Crippen MR) is 109 cm³/mol. The first-order valence-electron chi connectivity index (χ1n) is 9.76. The van der Waals surface area contributed by atoms with Crippen molar-refractivity contribution in [1.82, 2.24) is 0 Å². The summed E-state index contributed by atoms with van der Waals surface area (Å²) < 4.78 is 16.1. The summed E-state index contributed by atoms with van der Waals surface area (Å²) in [5.74, 6) is 1.05. The van der Waals surface area contributed by atoms with E-state index >= 15 is 0 Å². The first-order valence-corrected chi connectivity index (χ1v) is 9.76. The van der Waals surface area contributed by atoms with Crippen LogP contribution in [-0.4, -0.2) is 44.8 Å². The predicted octanol–water partition coefficient (Wildman–Crippen LogP) is 2.78. The summed E-state index contributed by atoms with van der Waals surface area (Å²) in [5, 5.41) is 2.84. The summed E-state index contributed by atoms with van der Waals surface area (Å²) in [7, 11) is 1.59. The maximum atomic E-state index is 12.7. The fourth-order valence-corrected chi connectivity index (χ4v) is 3.65. The SMILES string of the molecule is COc1ccc(OCC(=O)Nc2ccc3c(c2)N(C(=O)C2CCCO2)CC3)cc1. The Morgan fingerprint density at radius 1 is 1.17 bits per heavy atom. The number of ether oxygens (including phenoxy) is 3. The van der Waals surface area contributed by atoms with E-state index in [0.717, 1.165) is 36.3 Å². The van der Waals surface area contributed by atoms with Gasteiger partial charge < -0.3 is 24.4 Å². The highest BCUT2D eigenvalue weighted by atomic mass is 16.5. The molecule has 2 aliphatic heterocycles. The number of amides is 2. The summed E-state index contributed by atoms with van der Waals surface area (Å²) in [6.07, 6.45) is 2.14. The number of fused-ring (bicyclic) bond motifs is 1. The van der Waals surface area contributed by atoms with Gasteiger partial charge in [-0.15, -0.1) is 0 Å². The molecule has 0 aromatic heterocycles. The van der Waals surface area contributed by atoms with Crippen LogP contribution in [0.15, 0.2) is 42.5 Å². The van der Waals surface area contributed by atoms with Gasteiger partial charge in [0.1, 0.15) is 17.6 Å². The van der Waals surface area contributed by atoms with Crippen LogP contribution in [0.2, 0.25) is 0 Å². The number of benzene rings is 2. The summed E-state index contributed by atoms with van der Waals surface area (Å²) in [6, 6.07) is 12.7. The third-order valence-corrected chi connectivity index (χ3v) is 5.17. The van der Waals surface area contributed by atoms with Gasteiger partial charge in [0.15, 0.2) is 6.61 Å². The van der Waals surface area contributed by atoms with Crippen molar-refractivity contribution in [1.29, 1.82) is 0 Å². The average molecular weight is 396 g/mol. The Bertz CT molecular complexity index is 891. The lowest BCUT2D eigenvalue weighted by molar-refractivity contribution is -0.127. The Hall–Kier alpha value is -3.06. The average Bonchev–Trinajstić information content (AvgIpc) is 3.42. The lowest BCUT2D eigenvalue weighted by atomic mass is 10.1. The molecule has 1 atom stereocenters. The highest BCUT2D eigenvalue weighted by Gasteiger charge is 2.32. The molecule has 2 amide bonds. The summed E-state index contributed by atoms with van der Waals surface area (Å²) in [6.45, 7) is 1.18. The first kappa shape index (κ1) is 19.3. The molecule has 152 valence electrons. The van der Waals surface area contributed by atoms with Crippen LogP contribution in [-0.2, 0) is 20.7 Å². The van der Waals surface area contributed by atoms with Gasteiger partial charge >= 0.3 is 0 Å². The molecule has 1 saturated heterocycles. The van der Waals surface area contributed by atoms with Crippen molar-refractivity contribution in [3.05, 3.63) is 48.0 Å². The van der Waals surface area contributed by atoms with Crippen LogP contribution in [0.25, 0.3) is 0 Å². The number of rotatable bonds is 6. The van der Waals surface area contributed by atoms with Crippen molar-refractivity contribution < 1.29 is 23.8 Å². The zero-order valence-corrected chi connectivity index (χ0v) is 16.3. The number of carbonyl (C=O) groups excluding carboxylic acids is 2. The molecule has 7 nitrogen and oxygen atoms in total. The van der Waals surface area contributed by atoms with Crippen molar-refractivity contribution >= 4 is 23.2 Å². The third-order valence-electron chi connectivity index (χ3n) is 5.17. The van der Waals surface area contributed by atoms with Gasteiger partial charge in [0.05, 0.1) is 7.11 Å². The topological polar surface area (TPSA) is 77.1 Å². The standard InChI is InChI=1S/C22H24N2O5/c1-27-17-6-8-18(9-7-17)29-14-21(25)23-16-5-4-15-10-11-24(19(15)13-16)22(26)20-3-2-12-28-20/h4-9,13,20H,2-3,10-12,14H2,1H3,(H,23,25). The maximum absolute atomic E-state index is 12.7. The van der Waals surface area contributed by atoms with Crippen LogP contribution in [0.4, 0.5) is 11.4 Å². The molecule has 1 unspecified atom stereocenters. The normalized spacial score (nSPS) is 17.7. The second-order valence-corrected chi connectivity index (χ2v) is 7.10. The van der Waals surface area contributed by atoms with Gasteiger partial charge in [0, 0.05) is 24.5 Å². The van der Waals surface area contributed by atoms with E-state index in [9.17, 15) is 9.59 Å². The van der Waals surface area contributed by atoms with Crippen molar-refractivity contribution in [2.45, 2.75) is 25.4 Å². The molecular weight excluding hydrogens is 372 g/mol. The zero-order valence-electron chi connectivity index (χ0n) is 16.3. The van der Waals surface area contributed by atoms with Crippen LogP contribution in [0.1, 0.15) is 18.4 Å². The quantitative estimate of drug-likeness (QED) is 0.813. The maximum Gasteiger partial charge on any atom is 0.262 e. The van der Waals surface area contributed by atoms with E-state index in [1.807, 2.05) is 18.2 Å². The zero-order chi connectivity index (χ0) is 20.2. The molecular formula is C22H24N2O5. The second-order valence-electron chi connectivity index (χ2n) is 7.10. The van der Waals surface area contributed by atoms with E-state index in [4.69, 9.17) is 14.2 Å². The lowest BCUT2D eigenvalue weighted by Gasteiger charge is -2.21. The molecule has 0 bridgehead atoms. The Morgan fingerprint density at radius 2 is 1.97 bits per heavy atom. The van der Waals surface area contributed by atoms with Gasteiger partial charge in [-0.1, -0.05) is 6.07 Å². The molecule has 0 saturated carbocycles. The van der Waals surface area contributed by atoms with Crippen LogP contribution in [0.5, 0.6) is 11.5 Å². The van der Waals surface area contributed by atoms with Gasteiger partial charge in [0.25, 0.3) is 11.8 Å². The molecule has 1 N–H and O–H groups in total. The van der Waals surface area contributed by atoms with Crippen molar-refractivity contribution in [3.8, 4) is 11.5 Å². The van der Waals surface area contributed by atoms with Crippen LogP contribution >= 0.6 is 0 Å². The molecule has 2 aromatic rings. The van der Waals surface area contributed by atoms with Gasteiger partial charge in [-0.2, -0.15) is 0 Å². The second kappa shape index (κ2) is 8.53. The fourth-order valence-electron chi connectivity index (χ4n) is 3.65. The minimum atomic E-state index is -0.350. The monoisotopic (exact) mass is 396 g/mol. The largest absolute Gasteiger partial charge is 0.497 e. The Kier molecular flexibility index (Phi) is 5.67. The van der Waals surface area contributed by atoms with E-state index in [1.165, 1.54) is 0 Å². The minimum Gasteiger partial charge on any atom is -0.497 e. The van der Waals surface area contributed by atoms with Crippen molar-refractivity contribution in [3.63, 3.8) is 0 Å². The van der Waals surface area contributed by atoms with Crippen LogP contribution in [0.3, 0.4) is 0 Å². The molecule has 4 rings (SSSR count). The fraction of sp³-hybridized carbons (Fsp3) is 0.364. The summed E-state index contributed by atoms with van der Waals surface area (Å²) in [5.41, 5.74) is 2.59. The Labute approximate surface area is 169 Å². The van der Waals surface area contributed by atoms with E-state index in [1.54, 1.807) is 36.3 Å². The van der Waals surface area contributed by atoms with Crippen molar-refractivity contribution in [2.24, 2.45) is 0 Å². The lowest BCUT2D eigenvalue weighted by Crippen LogP contribution is -2.37. The molecule has 2 aliphatic rings. The highest BCUT2D eigenvalue weighted by molar-refractivity contribution is 6.00. The number of carbonyl (C=O) groups is 2. The number of nitrogens with one attached hydrogen (secondary N) is 1. The first-order chi connectivity index (χ1) is 14.1. The van der Waals surface area contributed by atoms with Gasteiger partial charge in [0.2, 0.25) is 0 Å². The number of methoxy groups -OCH3 is 1.